The van der Waals surface area contributed by atoms with Crippen LogP contribution in [0, 0.1) is 5.92 Å². The van der Waals surface area contributed by atoms with Gasteiger partial charge in [-0.15, -0.1) is 0 Å². The molecule has 1 aliphatic heterocycles. The van der Waals surface area contributed by atoms with Crippen molar-refractivity contribution in [2.75, 3.05) is 19.7 Å². The highest BCUT2D eigenvalue weighted by molar-refractivity contribution is 9.10. The fourth-order valence-electron chi connectivity index (χ4n) is 2.98. The first-order valence-corrected chi connectivity index (χ1v) is 8.81. The van der Waals surface area contributed by atoms with Gasteiger partial charge in [-0.2, -0.15) is 0 Å². The van der Waals surface area contributed by atoms with Gasteiger partial charge >= 0.3 is 0 Å². The number of piperidine rings is 1. The van der Waals surface area contributed by atoms with Gasteiger partial charge in [-0.05, 0) is 62.0 Å². The van der Waals surface area contributed by atoms with E-state index in [4.69, 9.17) is 4.74 Å². The third-order valence-corrected chi connectivity index (χ3v) is 4.70. The van der Waals surface area contributed by atoms with Crippen LogP contribution in [0.2, 0.25) is 0 Å². The molecule has 1 N–H and O–H groups in total. The van der Waals surface area contributed by atoms with Crippen LogP contribution in [-0.2, 0) is 0 Å². The van der Waals surface area contributed by atoms with E-state index in [1.807, 2.05) is 12.1 Å². The van der Waals surface area contributed by atoms with Crippen molar-refractivity contribution in [1.82, 2.24) is 5.32 Å². The van der Waals surface area contributed by atoms with Crippen LogP contribution in [0.25, 0.3) is 11.1 Å². The fourth-order valence-corrected chi connectivity index (χ4v) is 3.34. The minimum absolute atomic E-state index is 0.754. The van der Waals surface area contributed by atoms with E-state index < -0.39 is 0 Å². The number of hydrogen-bond acceptors (Lipinski definition) is 2. The van der Waals surface area contributed by atoms with Crippen molar-refractivity contribution in [3.63, 3.8) is 0 Å². The van der Waals surface area contributed by atoms with Gasteiger partial charge in [0.05, 0.1) is 6.61 Å². The van der Waals surface area contributed by atoms with Crippen LogP contribution in [-0.4, -0.2) is 19.7 Å². The number of hydrogen-bond donors (Lipinski definition) is 1. The zero-order chi connectivity index (χ0) is 15.2. The van der Waals surface area contributed by atoms with Crippen LogP contribution < -0.4 is 10.1 Å². The molecule has 1 aliphatic rings. The van der Waals surface area contributed by atoms with Crippen LogP contribution in [0.4, 0.5) is 0 Å². The predicted molar refractivity (Wildman–Crippen MR) is 95.3 cm³/mol. The molecule has 1 atom stereocenters. The maximum absolute atomic E-state index is 6.10. The molecule has 1 fully saturated rings. The van der Waals surface area contributed by atoms with Gasteiger partial charge in [-0.25, -0.2) is 0 Å². The van der Waals surface area contributed by atoms with Gasteiger partial charge < -0.3 is 10.1 Å². The van der Waals surface area contributed by atoms with Crippen molar-refractivity contribution < 1.29 is 4.74 Å². The Hall–Kier alpha value is -1.32. The maximum Gasteiger partial charge on any atom is 0.127 e. The summed E-state index contributed by atoms with van der Waals surface area (Å²) in [5.74, 6) is 1.72. The van der Waals surface area contributed by atoms with Gasteiger partial charge in [0.25, 0.3) is 0 Å². The summed E-state index contributed by atoms with van der Waals surface area (Å²) in [5, 5.41) is 3.47. The number of rotatable bonds is 5. The third kappa shape index (κ3) is 4.11. The maximum atomic E-state index is 6.10. The fraction of sp³-hybridized carbons (Fsp3) is 0.368. The summed E-state index contributed by atoms with van der Waals surface area (Å²) in [7, 11) is 0. The number of nitrogens with one attached hydrogen (secondary N) is 1. The van der Waals surface area contributed by atoms with Crippen LogP contribution in [0.1, 0.15) is 19.3 Å². The summed E-state index contributed by atoms with van der Waals surface area (Å²) >= 11 is 3.56. The van der Waals surface area contributed by atoms with Gasteiger partial charge in [0.1, 0.15) is 5.75 Å². The van der Waals surface area contributed by atoms with E-state index in [1.165, 1.54) is 24.9 Å². The Balaban J connectivity index is 1.68. The van der Waals surface area contributed by atoms with E-state index in [1.54, 1.807) is 0 Å². The molecule has 1 unspecified atom stereocenters. The second-order valence-corrected chi connectivity index (χ2v) is 6.77. The van der Waals surface area contributed by atoms with Crippen molar-refractivity contribution in [3.05, 3.63) is 53.0 Å². The van der Waals surface area contributed by atoms with Crippen LogP contribution in [0.15, 0.2) is 53.0 Å². The second-order valence-electron chi connectivity index (χ2n) is 5.86. The molecule has 1 saturated heterocycles. The normalized spacial score (nSPS) is 18.1. The number of halogens is 1. The first-order chi connectivity index (χ1) is 10.8. The van der Waals surface area contributed by atoms with Crippen molar-refractivity contribution >= 4 is 15.9 Å². The molecule has 1 heterocycles. The Kier molecular flexibility index (Phi) is 5.52. The third-order valence-electron chi connectivity index (χ3n) is 4.21. The van der Waals surface area contributed by atoms with Gasteiger partial charge in [0.2, 0.25) is 0 Å². The second kappa shape index (κ2) is 7.80. The van der Waals surface area contributed by atoms with E-state index >= 15 is 0 Å². The van der Waals surface area contributed by atoms with Gasteiger partial charge in [-0.3, -0.25) is 0 Å². The van der Waals surface area contributed by atoms with Crippen molar-refractivity contribution in [1.29, 1.82) is 0 Å². The molecule has 22 heavy (non-hydrogen) atoms. The molecular weight excluding hydrogens is 338 g/mol. The van der Waals surface area contributed by atoms with Gasteiger partial charge in [0, 0.05) is 10.0 Å². The molecule has 0 amide bonds. The smallest absolute Gasteiger partial charge is 0.127 e. The molecule has 2 aromatic rings. The van der Waals surface area contributed by atoms with Crippen LogP contribution in [0.5, 0.6) is 5.75 Å². The lowest BCUT2D eigenvalue weighted by molar-refractivity contribution is 0.255. The van der Waals surface area contributed by atoms with Crippen molar-refractivity contribution in [2.24, 2.45) is 5.92 Å². The molecule has 0 spiro atoms. The number of benzene rings is 2. The predicted octanol–water partition coefficient (Wildman–Crippen LogP) is 4.88. The zero-order valence-electron chi connectivity index (χ0n) is 12.7. The Morgan fingerprint density at radius 1 is 1.14 bits per heavy atom. The minimum atomic E-state index is 0.754. The van der Waals surface area contributed by atoms with E-state index in [2.05, 4.69) is 57.6 Å². The lowest BCUT2D eigenvalue weighted by Gasteiger charge is -2.23. The number of ether oxygens (including phenoxy) is 1. The highest BCUT2D eigenvalue weighted by Gasteiger charge is 2.13. The first kappa shape index (κ1) is 15.6. The van der Waals surface area contributed by atoms with Gasteiger partial charge in [0.15, 0.2) is 0 Å². The molecule has 3 rings (SSSR count). The molecule has 3 heteroatoms. The lowest BCUT2D eigenvalue weighted by atomic mass is 9.97. The van der Waals surface area contributed by atoms with E-state index in [-0.39, 0.29) is 0 Å². The average Bonchev–Trinajstić information content (AvgIpc) is 2.58. The minimum Gasteiger partial charge on any atom is -0.493 e. The van der Waals surface area contributed by atoms with Crippen LogP contribution >= 0.6 is 15.9 Å². The largest absolute Gasteiger partial charge is 0.493 e. The lowest BCUT2D eigenvalue weighted by Crippen LogP contribution is -2.30. The quantitative estimate of drug-likeness (QED) is 0.820. The molecule has 0 saturated carbocycles. The van der Waals surface area contributed by atoms with Crippen molar-refractivity contribution in [3.8, 4) is 16.9 Å². The van der Waals surface area contributed by atoms with E-state index in [9.17, 15) is 0 Å². The highest BCUT2D eigenvalue weighted by Crippen LogP contribution is 2.33. The van der Waals surface area contributed by atoms with E-state index in [0.29, 0.717) is 0 Å². The van der Waals surface area contributed by atoms with Crippen molar-refractivity contribution in [2.45, 2.75) is 19.3 Å². The summed E-state index contributed by atoms with van der Waals surface area (Å²) in [6, 6.07) is 16.7. The molecule has 0 bridgehead atoms. The average molecular weight is 360 g/mol. The Morgan fingerprint density at radius 2 is 2.00 bits per heavy atom. The Bertz CT molecular complexity index is 594. The van der Waals surface area contributed by atoms with Crippen LogP contribution in [0.3, 0.4) is 0 Å². The summed E-state index contributed by atoms with van der Waals surface area (Å²) in [6.07, 6.45) is 3.73. The molecule has 0 aromatic heterocycles. The Labute approximate surface area is 141 Å². The highest BCUT2D eigenvalue weighted by atomic mass is 79.9. The summed E-state index contributed by atoms with van der Waals surface area (Å²) < 4.78 is 7.18. The summed E-state index contributed by atoms with van der Waals surface area (Å²) in [4.78, 5) is 0. The van der Waals surface area contributed by atoms with E-state index in [0.717, 1.165) is 41.3 Å². The molecule has 2 nitrogen and oxygen atoms in total. The molecule has 0 aliphatic carbocycles. The molecule has 0 radical (unpaired) electrons. The monoisotopic (exact) mass is 359 g/mol. The van der Waals surface area contributed by atoms with Gasteiger partial charge in [-0.1, -0.05) is 46.3 Å². The Morgan fingerprint density at radius 3 is 2.77 bits per heavy atom. The standard InChI is InChI=1S/C19H22BrNO/c20-17-8-9-19(18(13-17)16-6-2-1-3-7-16)22-12-10-15-5-4-11-21-14-15/h1-3,6-9,13,15,21H,4-5,10-12,14H2. The summed E-state index contributed by atoms with van der Waals surface area (Å²) in [6.45, 7) is 3.09. The molecule has 2 aromatic carbocycles. The molecular formula is C19H22BrNO. The first-order valence-electron chi connectivity index (χ1n) is 8.01. The topological polar surface area (TPSA) is 21.3 Å². The zero-order valence-corrected chi connectivity index (χ0v) is 14.3. The SMILES string of the molecule is Brc1ccc(OCCC2CCCNC2)c(-c2ccccc2)c1. The molecule has 116 valence electrons. The summed E-state index contributed by atoms with van der Waals surface area (Å²) in [5.41, 5.74) is 2.34.